The van der Waals surface area contributed by atoms with Crippen LogP contribution in [0.25, 0.3) is 0 Å². The van der Waals surface area contributed by atoms with Gasteiger partial charge in [-0.1, -0.05) is 43.2 Å². The second kappa shape index (κ2) is 11.7. The van der Waals surface area contributed by atoms with Crippen molar-refractivity contribution in [2.24, 2.45) is 4.99 Å². The first-order chi connectivity index (χ1) is 10.8. The fourth-order valence-corrected chi connectivity index (χ4v) is 2.81. The van der Waals surface area contributed by atoms with Crippen LogP contribution < -0.4 is 10.6 Å². The number of ether oxygens (including phenoxy) is 1. The van der Waals surface area contributed by atoms with E-state index in [4.69, 9.17) is 4.74 Å². The predicted molar refractivity (Wildman–Crippen MR) is 108 cm³/mol. The van der Waals surface area contributed by atoms with Crippen LogP contribution in [-0.4, -0.2) is 32.3 Å². The van der Waals surface area contributed by atoms with E-state index in [2.05, 4.69) is 46.8 Å². The minimum Gasteiger partial charge on any atom is -0.378 e. The van der Waals surface area contributed by atoms with Crippen molar-refractivity contribution in [1.82, 2.24) is 10.6 Å². The summed E-state index contributed by atoms with van der Waals surface area (Å²) in [6.07, 6.45) is 6.66. The molecule has 0 spiro atoms. The van der Waals surface area contributed by atoms with Crippen LogP contribution in [0, 0.1) is 0 Å². The predicted octanol–water partition coefficient (Wildman–Crippen LogP) is 3.88. The van der Waals surface area contributed by atoms with Crippen LogP contribution in [-0.2, 0) is 4.74 Å². The molecule has 2 rings (SSSR count). The first kappa shape index (κ1) is 20.2. The molecule has 1 atom stereocenters. The van der Waals surface area contributed by atoms with Gasteiger partial charge in [-0.3, -0.25) is 4.99 Å². The van der Waals surface area contributed by atoms with Gasteiger partial charge in [0, 0.05) is 20.2 Å². The summed E-state index contributed by atoms with van der Waals surface area (Å²) >= 11 is 0. The van der Waals surface area contributed by atoms with Crippen LogP contribution in [0.15, 0.2) is 35.3 Å². The van der Waals surface area contributed by atoms with Crippen molar-refractivity contribution in [3.05, 3.63) is 35.9 Å². The maximum Gasteiger partial charge on any atom is 0.191 e. The Labute approximate surface area is 157 Å². The van der Waals surface area contributed by atoms with Crippen LogP contribution in [0.4, 0.5) is 0 Å². The van der Waals surface area contributed by atoms with Gasteiger partial charge < -0.3 is 15.4 Å². The molecule has 0 radical (unpaired) electrons. The largest absolute Gasteiger partial charge is 0.378 e. The van der Waals surface area contributed by atoms with Crippen molar-refractivity contribution in [2.45, 2.75) is 51.2 Å². The molecule has 5 heteroatoms. The number of benzene rings is 1. The third-order valence-electron chi connectivity index (χ3n) is 4.15. The maximum atomic E-state index is 5.87. The lowest BCUT2D eigenvalue weighted by Crippen LogP contribution is -2.39. The number of aliphatic imine (C=N–C) groups is 1. The smallest absolute Gasteiger partial charge is 0.191 e. The Balaban J connectivity index is 0.00000264. The van der Waals surface area contributed by atoms with Crippen molar-refractivity contribution in [1.29, 1.82) is 0 Å². The highest BCUT2D eigenvalue weighted by Crippen LogP contribution is 2.20. The minimum absolute atomic E-state index is 0. The van der Waals surface area contributed by atoms with Gasteiger partial charge >= 0.3 is 0 Å². The Morgan fingerprint density at radius 2 is 1.96 bits per heavy atom. The summed E-state index contributed by atoms with van der Waals surface area (Å²) < 4.78 is 5.87. The second-order valence-corrected chi connectivity index (χ2v) is 5.91. The number of rotatable bonds is 7. The van der Waals surface area contributed by atoms with Gasteiger partial charge in [0.2, 0.25) is 0 Å². The highest BCUT2D eigenvalue weighted by atomic mass is 127. The second-order valence-electron chi connectivity index (χ2n) is 5.91. The Morgan fingerprint density at radius 1 is 1.26 bits per heavy atom. The van der Waals surface area contributed by atoms with Crippen LogP contribution in [0.2, 0.25) is 0 Å². The molecule has 0 heterocycles. The molecule has 1 aliphatic carbocycles. The van der Waals surface area contributed by atoms with Crippen LogP contribution in [0.3, 0.4) is 0 Å². The van der Waals surface area contributed by atoms with E-state index in [-0.39, 0.29) is 30.0 Å². The van der Waals surface area contributed by atoms with Gasteiger partial charge in [0.25, 0.3) is 0 Å². The Kier molecular flexibility index (Phi) is 10.3. The van der Waals surface area contributed by atoms with Gasteiger partial charge in [-0.15, -0.1) is 24.0 Å². The van der Waals surface area contributed by atoms with Gasteiger partial charge in [0.15, 0.2) is 5.96 Å². The standard InChI is InChI=1S/C18H29N3O.HI/c1-15(16-9-4-3-5-10-16)21-18(19-2)20-13-8-14-22-17-11-6-7-12-17;/h3-5,9-10,15,17H,6-8,11-14H2,1-2H3,(H2,19,20,21);1H. The van der Waals surface area contributed by atoms with Crippen molar-refractivity contribution < 1.29 is 4.74 Å². The van der Waals surface area contributed by atoms with Gasteiger partial charge in [0.1, 0.15) is 0 Å². The van der Waals surface area contributed by atoms with E-state index in [1.54, 1.807) is 0 Å². The summed E-state index contributed by atoms with van der Waals surface area (Å²) in [4.78, 5) is 4.28. The van der Waals surface area contributed by atoms with E-state index in [1.807, 2.05) is 13.1 Å². The fraction of sp³-hybridized carbons (Fsp3) is 0.611. The van der Waals surface area contributed by atoms with Gasteiger partial charge in [-0.05, 0) is 31.7 Å². The van der Waals surface area contributed by atoms with E-state index in [9.17, 15) is 0 Å². The van der Waals surface area contributed by atoms with Crippen molar-refractivity contribution in [3.8, 4) is 0 Å². The Hall–Kier alpha value is -0.820. The molecule has 130 valence electrons. The molecule has 2 N–H and O–H groups in total. The van der Waals surface area contributed by atoms with Crippen molar-refractivity contribution >= 4 is 29.9 Å². The maximum absolute atomic E-state index is 5.87. The molecular formula is C18H30IN3O. The summed E-state index contributed by atoms with van der Waals surface area (Å²) in [7, 11) is 1.81. The third kappa shape index (κ3) is 7.52. The average Bonchev–Trinajstić information content (AvgIpc) is 3.07. The Morgan fingerprint density at radius 3 is 2.61 bits per heavy atom. The summed E-state index contributed by atoms with van der Waals surface area (Å²) in [6.45, 7) is 3.86. The molecular weight excluding hydrogens is 401 g/mol. The quantitative estimate of drug-likeness (QED) is 0.298. The summed E-state index contributed by atoms with van der Waals surface area (Å²) in [6, 6.07) is 10.6. The topological polar surface area (TPSA) is 45.7 Å². The molecule has 0 saturated heterocycles. The molecule has 0 amide bonds. The van der Waals surface area contributed by atoms with Crippen molar-refractivity contribution in [3.63, 3.8) is 0 Å². The van der Waals surface area contributed by atoms with Gasteiger partial charge in [-0.25, -0.2) is 0 Å². The number of hydrogen-bond acceptors (Lipinski definition) is 2. The zero-order chi connectivity index (χ0) is 15.6. The van der Waals surface area contributed by atoms with E-state index in [0.717, 1.165) is 25.5 Å². The molecule has 1 fully saturated rings. The fourth-order valence-electron chi connectivity index (χ4n) is 2.81. The summed E-state index contributed by atoms with van der Waals surface area (Å²) in [5.74, 6) is 0.845. The summed E-state index contributed by atoms with van der Waals surface area (Å²) in [5.41, 5.74) is 1.26. The molecule has 0 aliphatic heterocycles. The molecule has 23 heavy (non-hydrogen) atoms. The van der Waals surface area contributed by atoms with Gasteiger partial charge in [0.05, 0.1) is 12.1 Å². The zero-order valence-electron chi connectivity index (χ0n) is 14.3. The van der Waals surface area contributed by atoms with Crippen molar-refractivity contribution in [2.75, 3.05) is 20.2 Å². The summed E-state index contributed by atoms with van der Waals surface area (Å²) in [5, 5.41) is 6.77. The molecule has 1 unspecified atom stereocenters. The number of guanidine groups is 1. The lowest BCUT2D eigenvalue weighted by atomic mass is 10.1. The monoisotopic (exact) mass is 431 g/mol. The van der Waals surface area contributed by atoms with E-state index >= 15 is 0 Å². The molecule has 1 aliphatic rings. The minimum atomic E-state index is 0. The van der Waals surface area contributed by atoms with E-state index in [1.165, 1.54) is 31.2 Å². The molecule has 1 aromatic rings. The van der Waals surface area contributed by atoms with Gasteiger partial charge in [-0.2, -0.15) is 0 Å². The SMILES string of the molecule is CN=C(NCCCOC1CCCC1)NC(C)c1ccccc1.I. The van der Waals surface area contributed by atoms with E-state index < -0.39 is 0 Å². The highest BCUT2D eigenvalue weighted by Gasteiger charge is 2.14. The average molecular weight is 431 g/mol. The first-order valence-corrected chi connectivity index (χ1v) is 8.43. The first-order valence-electron chi connectivity index (χ1n) is 8.43. The van der Waals surface area contributed by atoms with Crippen LogP contribution in [0.5, 0.6) is 0 Å². The number of nitrogens with one attached hydrogen (secondary N) is 2. The molecule has 1 saturated carbocycles. The number of hydrogen-bond donors (Lipinski definition) is 2. The van der Waals surface area contributed by atoms with Crippen LogP contribution >= 0.6 is 24.0 Å². The molecule has 4 nitrogen and oxygen atoms in total. The van der Waals surface area contributed by atoms with Crippen LogP contribution in [0.1, 0.15) is 50.6 Å². The molecule has 0 bridgehead atoms. The third-order valence-corrected chi connectivity index (χ3v) is 4.15. The molecule has 0 aromatic heterocycles. The molecule has 1 aromatic carbocycles. The normalized spacial score (nSPS) is 16.7. The van der Waals surface area contributed by atoms with E-state index in [0.29, 0.717) is 6.10 Å². The number of halogens is 1. The highest BCUT2D eigenvalue weighted by molar-refractivity contribution is 14.0. The zero-order valence-corrected chi connectivity index (χ0v) is 16.6. The lowest BCUT2D eigenvalue weighted by Gasteiger charge is -2.18. The Bertz CT molecular complexity index is 447. The number of nitrogens with zero attached hydrogens (tertiary/aromatic N) is 1. The lowest BCUT2D eigenvalue weighted by molar-refractivity contribution is 0.0574.